The first kappa shape index (κ1) is 13.5. The third-order valence-electron chi connectivity index (χ3n) is 3.19. The normalized spacial score (nSPS) is 26.7. The van der Waals surface area contributed by atoms with Gasteiger partial charge in [-0.3, -0.25) is 4.79 Å². The van der Waals surface area contributed by atoms with Gasteiger partial charge < -0.3 is 15.8 Å². The third-order valence-corrected chi connectivity index (χ3v) is 3.19. The van der Waals surface area contributed by atoms with Gasteiger partial charge in [0.1, 0.15) is 6.10 Å². The lowest BCUT2D eigenvalue weighted by molar-refractivity contribution is -0.136. The van der Waals surface area contributed by atoms with Crippen molar-refractivity contribution in [2.45, 2.75) is 51.7 Å². The lowest BCUT2D eigenvalue weighted by Gasteiger charge is -2.22. The van der Waals surface area contributed by atoms with Gasteiger partial charge in [-0.05, 0) is 38.6 Å². The van der Waals surface area contributed by atoms with Crippen LogP contribution in [0.5, 0.6) is 0 Å². The Hall–Kier alpha value is -0.610. The Balaban J connectivity index is 2.32. The molecule has 0 aliphatic heterocycles. The van der Waals surface area contributed by atoms with Gasteiger partial charge >= 0.3 is 0 Å². The van der Waals surface area contributed by atoms with E-state index in [-0.39, 0.29) is 18.1 Å². The second-order valence-electron chi connectivity index (χ2n) is 4.53. The van der Waals surface area contributed by atoms with Gasteiger partial charge in [0.15, 0.2) is 0 Å². The molecule has 1 amide bonds. The van der Waals surface area contributed by atoms with Gasteiger partial charge in [0.2, 0.25) is 5.91 Å². The van der Waals surface area contributed by atoms with Gasteiger partial charge in [0.05, 0.1) is 6.10 Å². The van der Waals surface area contributed by atoms with E-state index >= 15 is 0 Å². The molecule has 3 atom stereocenters. The quantitative estimate of drug-likeness (QED) is 0.714. The topological polar surface area (TPSA) is 64.3 Å². The van der Waals surface area contributed by atoms with Crippen LogP contribution in [0.1, 0.15) is 39.5 Å². The Kier molecular flexibility index (Phi) is 5.77. The standard InChI is InChI=1S/C12H24N2O2/c1-3-7-14-12(15)9(2)16-11-6-4-5-10(11)8-13/h9-11H,3-8,13H2,1-2H3,(H,14,15). The van der Waals surface area contributed by atoms with Crippen molar-refractivity contribution in [1.29, 1.82) is 0 Å². The Morgan fingerprint density at radius 1 is 1.56 bits per heavy atom. The van der Waals surface area contributed by atoms with Gasteiger partial charge in [-0.25, -0.2) is 0 Å². The van der Waals surface area contributed by atoms with E-state index in [2.05, 4.69) is 5.32 Å². The van der Waals surface area contributed by atoms with Crippen molar-refractivity contribution in [2.24, 2.45) is 11.7 Å². The zero-order valence-electron chi connectivity index (χ0n) is 10.4. The van der Waals surface area contributed by atoms with Crippen LogP contribution in [0.25, 0.3) is 0 Å². The number of carbonyl (C=O) groups excluding carboxylic acids is 1. The van der Waals surface area contributed by atoms with Crippen molar-refractivity contribution in [3.8, 4) is 0 Å². The molecule has 4 heteroatoms. The molecule has 4 nitrogen and oxygen atoms in total. The molecule has 0 aromatic carbocycles. The molecule has 1 rings (SSSR count). The number of hydrogen-bond acceptors (Lipinski definition) is 3. The monoisotopic (exact) mass is 228 g/mol. The molecule has 1 aliphatic carbocycles. The molecular formula is C12H24N2O2. The number of ether oxygens (including phenoxy) is 1. The van der Waals surface area contributed by atoms with E-state index in [1.807, 2.05) is 13.8 Å². The van der Waals surface area contributed by atoms with Crippen LogP contribution in [0.4, 0.5) is 0 Å². The maximum atomic E-state index is 11.6. The first-order valence-electron chi connectivity index (χ1n) is 6.32. The highest BCUT2D eigenvalue weighted by molar-refractivity contribution is 5.80. The number of carbonyl (C=O) groups is 1. The molecule has 3 N–H and O–H groups in total. The molecule has 94 valence electrons. The summed E-state index contributed by atoms with van der Waals surface area (Å²) in [5.74, 6) is 0.422. The van der Waals surface area contributed by atoms with Gasteiger partial charge in [-0.1, -0.05) is 13.3 Å². The maximum Gasteiger partial charge on any atom is 0.248 e. The van der Waals surface area contributed by atoms with E-state index in [9.17, 15) is 4.79 Å². The van der Waals surface area contributed by atoms with Crippen molar-refractivity contribution < 1.29 is 9.53 Å². The molecule has 1 fully saturated rings. The van der Waals surface area contributed by atoms with Crippen LogP contribution < -0.4 is 11.1 Å². The summed E-state index contributed by atoms with van der Waals surface area (Å²) in [5.41, 5.74) is 5.68. The Bertz CT molecular complexity index is 221. The van der Waals surface area contributed by atoms with E-state index in [0.717, 1.165) is 32.2 Å². The van der Waals surface area contributed by atoms with E-state index < -0.39 is 0 Å². The number of hydrogen-bond donors (Lipinski definition) is 2. The minimum absolute atomic E-state index is 0.00970. The molecule has 0 aromatic rings. The van der Waals surface area contributed by atoms with Crippen LogP contribution in [-0.2, 0) is 9.53 Å². The highest BCUT2D eigenvalue weighted by atomic mass is 16.5. The zero-order chi connectivity index (χ0) is 12.0. The van der Waals surface area contributed by atoms with Crippen LogP contribution in [0, 0.1) is 5.92 Å². The van der Waals surface area contributed by atoms with Gasteiger partial charge in [0, 0.05) is 6.54 Å². The van der Waals surface area contributed by atoms with E-state index in [1.54, 1.807) is 0 Å². The fourth-order valence-electron chi connectivity index (χ4n) is 2.17. The van der Waals surface area contributed by atoms with Crippen molar-refractivity contribution in [1.82, 2.24) is 5.32 Å². The molecule has 0 spiro atoms. The smallest absolute Gasteiger partial charge is 0.248 e. The first-order chi connectivity index (χ1) is 7.69. The number of nitrogens with two attached hydrogens (primary N) is 1. The summed E-state index contributed by atoms with van der Waals surface area (Å²) in [4.78, 5) is 11.6. The summed E-state index contributed by atoms with van der Waals surface area (Å²) in [7, 11) is 0. The average molecular weight is 228 g/mol. The highest BCUT2D eigenvalue weighted by Crippen LogP contribution is 2.28. The molecule has 3 unspecified atom stereocenters. The second-order valence-corrected chi connectivity index (χ2v) is 4.53. The summed E-state index contributed by atoms with van der Waals surface area (Å²) in [6, 6.07) is 0. The fraction of sp³-hybridized carbons (Fsp3) is 0.917. The van der Waals surface area contributed by atoms with Crippen molar-refractivity contribution in [3.63, 3.8) is 0 Å². The van der Waals surface area contributed by atoms with Gasteiger partial charge in [-0.2, -0.15) is 0 Å². The molecule has 0 aromatic heterocycles. The SMILES string of the molecule is CCCNC(=O)C(C)OC1CCCC1CN. The van der Waals surface area contributed by atoms with E-state index in [0.29, 0.717) is 12.5 Å². The summed E-state index contributed by atoms with van der Waals surface area (Å²) < 4.78 is 5.78. The van der Waals surface area contributed by atoms with Gasteiger partial charge in [0.25, 0.3) is 0 Å². The second kappa shape index (κ2) is 6.86. The van der Waals surface area contributed by atoms with Crippen LogP contribution in [0.15, 0.2) is 0 Å². The Morgan fingerprint density at radius 3 is 2.94 bits per heavy atom. The summed E-state index contributed by atoms with van der Waals surface area (Å²) in [6.07, 6.45) is 4.09. The predicted molar refractivity (Wildman–Crippen MR) is 64.0 cm³/mol. The number of nitrogens with one attached hydrogen (secondary N) is 1. The minimum Gasteiger partial charge on any atom is -0.365 e. The highest BCUT2D eigenvalue weighted by Gasteiger charge is 2.29. The van der Waals surface area contributed by atoms with Crippen LogP contribution >= 0.6 is 0 Å². The summed E-state index contributed by atoms with van der Waals surface area (Å²) >= 11 is 0. The molecular weight excluding hydrogens is 204 g/mol. The molecule has 16 heavy (non-hydrogen) atoms. The van der Waals surface area contributed by atoms with E-state index in [1.165, 1.54) is 0 Å². The first-order valence-corrected chi connectivity index (χ1v) is 6.32. The van der Waals surface area contributed by atoms with Crippen molar-refractivity contribution >= 4 is 5.91 Å². The number of rotatable bonds is 6. The molecule has 1 saturated carbocycles. The van der Waals surface area contributed by atoms with E-state index in [4.69, 9.17) is 10.5 Å². The average Bonchev–Trinajstić information content (AvgIpc) is 2.72. The molecule has 0 radical (unpaired) electrons. The molecule has 0 bridgehead atoms. The zero-order valence-corrected chi connectivity index (χ0v) is 10.4. The van der Waals surface area contributed by atoms with Gasteiger partial charge in [-0.15, -0.1) is 0 Å². The lowest BCUT2D eigenvalue weighted by Crippen LogP contribution is -2.38. The largest absolute Gasteiger partial charge is 0.365 e. The molecule has 0 saturated heterocycles. The van der Waals surface area contributed by atoms with Crippen LogP contribution in [-0.4, -0.2) is 31.2 Å². The number of amides is 1. The predicted octanol–water partition coefficient (Wildman–Crippen LogP) is 1.05. The van der Waals surface area contributed by atoms with Crippen molar-refractivity contribution in [3.05, 3.63) is 0 Å². The summed E-state index contributed by atoms with van der Waals surface area (Å²) in [5, 5.41) is 2.84. The molecule has 0 heterocycles. The fourth-order valence-corrected chi connectivity index (χ4v) is 2.17. The third kappa shape index (κ3) is 3.76. The molecule has 1 aliphatic rings. The summed E-state index contributed by atoms with van der Waals surface area (Å²) in [6.45, 7) is 5.23. The Morgan fingerprint density at radius 2 is 2.31 bits per heavy atom. The van der Waals surface area contributed by atoms with Crippen molar-refractivity contribution in [2.75, 3.05) is 13.1 Å². The lowest BCUT2D eigenvalue weighted by atomic mass is 10.1. The van der Waals surface area contributed by atoms with Crippen LogP contribution in [0.3, 0.4) is 0 Å². The minimum atomic E-state index is -0.358. The maximum absolute atomic E-state index is 11.6. The van der Waals surface area contributed by atoms with Crippen LogP contribution in [0.2, 0.25) is 0 Å². The Labute approximate surface area is 97.9 Å².